The van der Waals surface area contributed by atoms with Gasteiger partial charge in [0.25, 0.3) is 0 Å². The Bertz CT molecular complexity index is 450. The van der Waals surface area contributed by atoms with Crippen molar-refractivity contribution in [3.63, 3.8) is 0 Å². The SMILES string of the molecule is Cc1ccc2c(c1)CC(=O)N2CC1CCNC1. The van der Waals surface area contributed by atoms with Crippen molar-refractivity contribution in [2.45, 2.75) is 19.8 Å². The van der Waals surface area contributed by atoms with Gasteiger partial charge in [-0.3, -0.25) is 4.79 Å². The van der Waals surface area contributed by atoms with E-state index in [0.29, 0.717) is 12.3 Å². The van der Waals surface area contributed by atoms with Gasteiger partial charge in [0.1, 0.15) is 0 Å². The number of fused-ring (bicyclic) bond motifs is 1. The first-order valence-corrected chi connectivity index (χ1v) is 6.34. The molecule has 1 fully saturated rings. The normalized spacial score (nSPS) is 23.2. The molecule has 0 saturated carbocycles. The summed E-state index contributed by atoms with van der Waals surface area (Å²) >= 11 is 0. The van der Waals surface area contributed by atoms with Gasteiger partial charge in [0.05, 0.1) is 6.42 Å². The van der Waals surface area contributed by atoms with Crippen molar-refractivity contribution < 1.29 is 4.79 Å². The molecule has 0 aromatic heterocycles. The van der Waals surface area contributed by atoms with Gasteiger partial charge in [-0.2, -0.15) is 0 Å². The smallest absolute Gasteiger partial charge is 0.231 e. The number of nitrogens with zero attached hydrogens (tertiary/aromatic N) is 1. The lowest BCUT2D eigenvalue weighted by Crippen LogP contribution is -2.33. The summed E-state index contributed by atoms with van der Waals surface area (Å²) in [7, 11) is 0. The van der Waals surface area contributed by atoms with Crippen LogP contribution in [-0.2, 0) is 11.2 Å². The first kappa shape index (κ1) is 10.8. The summed E-state index contributed by atoms with van der Waals surface area (Å²) in [5, 5.41) is 3.36. The van der Waals surface area contributed by atoms with Crippen LogP contribution in [0.2, 0.25) is 0 Å². The lowest BCUT2D eigenvalue weighted by molar-refractivity contribution is -0.117. The molecule has 1 amide bonds. The number of benzene rings is 1. The highest BCUT2D eigenvalue weighted by molar-refractivity contribution is 6.01. The molecule has 0 aliphatic carbocycles. The van der Waals surface area contributed by atoms with Crippen molar-refractivity contribution in [3.05, 3.63) is 29.3 Å². The molecule has 17 heavy (non-hydrogen) atoms. The molecule has 90 valence electrons. The summed E-state index contributed by atoms with van der Waals surface area (Å²) in [5.41, 5.74) is 3.56. The van der Waals surface area contributed by atoms with E-state index < -0.39 is 0 Å². The second-order valence-electron chi connectivity index (χ2n) is 5.17. The van der Waals surface area contributed by atoms with Crippen LogP contribution in [0.25, 0.3) is 0 Å². The minimum atomic E-state index is 0.262. The van der Waals surface area contributed by atoms with Crippen LogP contribution >= 0.6 is 0 Å². The maximum absolute atomic E-state index is 12.0. The number of nitrogens with one attached hydrogen (secondary N) is 1. The number of rotatable bonds is 2. The first-order valence-electron chi connectivity index (χ1n) is 6.34. The summed E-state index contributed by atoms with van der Waals surface area (Å²) in [6.07, 6.45) is 1.77. The summed E-state index contributed by atoms with van der Waals surface area (Å²) in [5.74, 6) is 0.878. The van der Waals surface area contributed by atoms with Crippen molar-refractivity contribution in [1.29, 1.82) is 0 Å². The van der Waals surface area contributed by atoms with E-state index in [0.717, 1.165) is 25.3 Å². The molecule has 3 heteroatoms. The number of amides is 1. The molecule has 3 rings (SSSR count). The van der Waals surface area contributed by atoms with Gasteiger partial charge in [-0.25, -0.2) is 0 Å². The number of carbonyl (C=O) groups is 1. The molecule has 0 bridgehead atoms. The van der Waals surface area contributed by atoms with Gasteiger partial charge in [-0.05, 0) is 44.0 Å². The number of anilines is 1. The van der Waals surface area contributed by atoms with Crippen LogP contribution in [-0.4, -0.2) is 25.5 Å². The molecular weight excluding hydrogens is 212 g/mol. The van der Waals surface area contributed by atoms with Crippen LogP contribution in [0.5, 0.6) is 0 Å². The lowest BCUT2D eigenvalue weighted by Gasteiger charge is -2.21. The van der Waals surface area contributed by atoms with E-state index >= 15 is 0 Å². The van der Waals surface area contributed by atoms with Crippen LogP contribution in [0.15, 0.2) is 18.2 Å². The molecule has 3 nitrogen and oxygen atoms in total. The zero-order valence-corrected chi connectivity index (χ0v) is 10.2. The predicted molar refractivity (Wildman–Crippen MR) is 68.2 cm³/mol. The van der Waals surface area contributed by atoms with Crippen LogP contribution in [0, 0.1) is 12.8 Å². The zero-order chi connectivity index (χ0) is 11.8. The summed E-state index contributed by atoms with van der Waals surface area (Å²) in [6, 6.07) is 6.33. The van der Waals surface area contributed by atoms with E-state index in [4.69, 9.17) is 0 Å². The monoisotopic (exact) mass is 230 g/mol. The number of hydrogen-bond acceptors (Lipinski definition) is 2. The van der Waals surface area contributed by atoms with Gasteiger partial charge >= 0.3 is 0 Å². The number of aryl methyl sites for hydroxylation is 1. The van der Waals surface area contributed by atoms with Crippen LogP contribution in [0.3, 0.4) is 0 Å². The largest absolute Gasteiger partial charge is 0.316 e. The van der Waals surface area contributed by atoms with Crippen molar-refractivity contribution in [2.75, 3.05) is 24.5 Å². The molecule has 1 aromatic carbocycles. The third-order valence-electron chi connectivity index (χ3n) is 3.77. The molecule has 0 radical (unpaired) electrons. The van der Waals surface area contributed by atoms with Gasteiger partial charge in [-0.1, -0.05) is 17.7 Å². The quantitative estimate of drug-likeness (QED) is 0.835. The van der Waals surface area contributed by atoms with Gasteiger partial charge in [0.15, 0.2) is 0 Å². The van der Waals surface area contributed by atoms with Crippen molar-refractivity contribution >= 4 is 11.6 Å². The van der Waals surface area contributed by atoms with Crippen molar-refractivity contribution in [3.8, 4) is 0 Å². The summed E-state index contributed by atoms with van der Waals surface area (Å²) < 4.78 is 0. The Labute approximate surface area is 102 Å². The van der Waals surface area contributed by atoms with E-state index in [-0.39, 0.29) is 5.91 Å². The molecule has 2 aliphatic rings. The van der Waals surface area contributed by atoms with Crippen LogP contribution in [0.1, 0.15) is 17.5 Å². The maximum atomic E-state index is 12.0. The topological polar surface area (TPSA) is 32.3 Å². The summed E-state index contributed by atoms with van der Waals surface area (Å²) in [6.45, 7) is 5.09. The molecular formula is C14H18N2O. The summed E-state index contributed by atoms with van der Waals surface area (Å²) in [4.78, 5) is 14.0. The van der Waals surface area contributed by atoms with Gasteiger partial charge in [-0.15, -0.1) is 0 Å². The van der Waals surface area contributed by atoms with E-state index in [2.05, 4.69) is 30.4 Å². The molecule has 0 spiro atoms. The minimum Gasteiger partial charge on any atom is -0.316 e. The minimum absolute atomic E-state index is 0.262. The van der Waals surface area contributed by atoms with E-state index in [9.17, 15) is 4.79 Å². The number of hydrogen-bond donors (Lipinski definition) is 1. The second kappa shape index (κ2) is 4.15. The fourth-order valence-corrected chi connectivity index (χ4v) is 2.84. The Kier molecular flexibility index (Phi) is 2.63. The third-order valence-corrected chi connectivity index (χ3v) is 3.77. The predicted octanol–water partition coefficient (Wildman–Crippen LogP) is 1.49. The standard InChI is InChI=1S/C14H18N2O/c1-10-2-3-13-12(6-10)7-14(17)16(13)9-11-4-5-15-8-11/h2-3,6,11,15H,4-5,7-9H2,1H3. The van der Waals surface area contributed by atoms with E-state index in [1.807, 2.05) is 4.90 Å². The molecule has 2 aliphatic heterocycles. The highest BCUT2D eigenvalue weighted by atomic mass is 16.2. The Morgan fingerprint density at radius 1 is 1.47 bits per heavy atom. The van der Waals surface area contributed by atoms with E-state index in [1.54, 1.807) is 0 Å². The molecule has 1 aromatic rings. The lowest BCUT2D eigenvalue weighted by atomic mass is 10.1. The highest BCUT2D eigenvalue weighted by Crippen LogP contribution is 2.30. The van der Waals surface area contributed by atoms with E-state index in [1.165, 1.54) is 17.5 Å². The molecule has 1 atom stereocenters. The fourth-order valence-electron chi connectivity index (χ4n) is 2.84. The molecule has 1 unspecified atom stereocenters. The van der Waals surface area contributed by atoms with Crippen LogP contribution < -0.4 is 10.2 Å². The van der Waals surface area contributed by atoms with Gasteiger partial charge in [0.2, 0.25) is 5.91 Å². The fraction of sp³-hybridized carbons (Fsp3) is 0.500. The van der Waals surface area contributed by atoms with Crippen LogP contribution in [0.4, 0.5) is 5.69 Å². The maximum Gasteiger partial charge on any atom is 0.231 e. The van der Waals surface area contributed by atoms with Crippen molar-refractivity contribution in [1.82, 2.24) is 5.32 Å². The Balaban J connectivity index is 1.83. The Morgan fingerprint density at radius 3 is 3.12 bits per heavy atom. The second-order valence-corrected chi connectivity index (χ2v) is 5.17. The van der Waals surface area contributed by atoms with Gasteiger partial charge < -0.3 is 10.2 Å². The number of carbonyl (C=O) groups excluding carboxylic acids is 1. The molecule has 1 N–H and O–H groups in total. The van der Waals surface area contributed by atoms with Gasteiger partial charge in [0, 0.05) is 12.2 Å². The Morgan fingerprint density at radius 2 is 2.35 bits per heavy atom. The zero-order valence-electron chi connectivity index (χ0n) is 10.2. The molecule has 1 saturated heterocycles. The molecule has 2 heterocycles. The third kappa shape index (κ3) is 1.95. The Hall–Kier alpha value is -1.35. The highest BCUT2D eigenvalue weighted by Gasteiger charge is 2.29. The van der Waals surface area contributed by atoms with Crippen molar-refractivity contribution in [2.24, 2.45) is 5.92 Å². The average Bonchev–Trinajstić information content (AvgIpc) is 2.88. The average molecular weight is 230 g/mol. The first-order chi connectivity index (χ1) is 8.24.